The number of hydrogen-bond donors (Lipinski definition) is 0. The van der Waals surface area contributed by atoms with Crippen LogP contribution in [0.2, 0.25) is 0 Å². The van der Waals surface area contributed by atoms with Crippen LogP contribution in [0.25, 0.3) is 11.0 Å². The van der Waals surface area contributed by atoms with Crippen LogP contribution in [0, 0.1) is 0 Å². The molecule has 0 saturated heterocycles. The van der Waals surface area contributed by atoms with Gasteiger partial charge in [0.2, 0.25) is 0 Å². The van der Waals surface area contributed by atoms with Crippen LogP contribution in [-0.2, 0) is 0 Å². The van der Waals surface area contributed by atoms with E-state index in [-0.39, 0.29) is 0 Å². The van der Waals surface area contributed by atoms with E-state index in [1.165, 1.54) is 0 Å². The van der Waals surface area contributed by atoms with Crippen molar-refractivity contribution >= 4 is 6.91 Å². The molecule has 0 amide bonds. The van der Waals surface area contributed by atoms with Crippen LogP contribution >= 0.6 is 0 Å². The van der Waals surface area contributed by atoms with E-state index in [9.17, 15) is 0 Å². The molecule has 0 spiro atoms. The van der Waals surface area contributed by atoms with Gasteiger partial charge in [0.1, 0.15) is 0 Å². The van der Waals surface area contributed by atoms with E-state index in [1.807, 2.05) is 36.3 Å². The van der Waals surface area contributed by atoms with E-state index in [2.05, 4.69) is 13.0 Å². The van der Waals surface area contributed by atoms with Crippen LogP contribution in [0.5, 0.6) is 11.5 Å². The molecule has 1 aromatic carbocycles. The Morgan fingerprint density at radius 3 is 2.44 bits per heavy atom. The van der Waals surface area contributed by atoms with Gasteiger partial charge < -0.3 is 0 Å². The molecule has 0 N–H and O–H groups in total. The average Bonchev–Trinajstić information content (AvgIpc) is 2.38. The first-order chi connectivity index (χ1) is 7.86. The van der Waals surface area contributed by atoms with Crippen LogP contribution in [0.3, 0.4) is 0 Å². The Kier molecular flexibility index (Phi) is 3.25. The van der Waals surface area contributed by atoms with Crippen LogP contribution in [-0.4, -0.2) is 21.1 Å². The molecule has 0 bridgehead atoms. The Balaban J connectivity index is 2.57. The van der Waals surface area contributed by atoms with Crippen molar-refractivity contribution in [3.8, 4) is 22.5 Å². The van der Waals surface area contributed by atoms with Crippen molar-refractivity contribution in [2.24, 2.45) is 0 Å². The molecule has 2 nitrogen and oxygen atoms in total. The number of methoxy groups -OCH3 is 2. The van der Waals surface area contributed by atoms with Gasteiger partial charge >= 0.3 is 95.5 Å². The SMILES string of the molecule is COc1cccc(-c2bcccc2)c1OC. The first kappa shape index (κ1) is 10.7. The zero-order valence-electron chi connectivity index (χ0n) is 9.44. The molecule has 0 unspecified atom stereocenters. The van der Waals surface area contributed by atoms with Gasteiger partial charge in [0.25, 0.3) is 0 Å². The molecular formula is C13H13BO2. The van der Waals surface area contributed by atoms with Crippen LogP contribution in [0.15, 0.2) is 42.4 Å². The minimum absolute atomic E-state index is 0.754. The van der Waals surface area contributed by atoms with Gasteiger partial charge in [-0.05, 0) is 0 Å². The number of benzene rings is 1. The van der Waals surface area contributed by atoms with Crippen molar-refractivity contribution < 1.29 is 9.47 Å². The molecule has 1 aromatic heterocycles. The second-order valence-electron chi connectivity index (χ2n) is 3.41. The third kappa shape index (κ3) is 1.94. The van der Waals surface area contributed by atoms with E-state index >= 15 is 0 Å². The first-order valence-corrected chi connectivity index (χ1v) is 5.13. The third-order valence-electron chi connectivity index (χ3n) is 2.49. The normalized spacial score (nSPS) is 9.62. The molecule has 0 aliphatic carbocycles. The van der Waals surface area contributed by atoms with Crippen molar-refractivity contribution in [1.29, 1.82) is 0 Å². The standard InChI is InChI=1S/C13H13BO2/c1-15-12-8-5-6-10(13(12)16-2)11-7-3-4-9-14-11/h3-9H,1-2H3. The van der Waals surface area contributed by atoms with Crippen molar-refractivity contribution in [2.45, 2.75) is 0 Å². The molecule has 0 saturated carbocycles. The van der Waals surface area contributed by atoms with Crippen LogP contribution < -0.4 is 9.47 Å². The number of hydrogen-bond acceptors (Lipinski definition) is 2. The van der Waals surface area contributed by atoms with Gasteiger partial charge in [0.15, 0.2) is 0 Å². The molecule has 2 rings (SSSR count). The topological polar surface area (TPSA) is 18.5 Å². The fraction of sp³-hybridized carbons (Fsp3) is 0.154. The summed E-state index contributed by atoms with van der Waals surface area (Å²) in [7, 11) is 3.30. The molecule has 0 aliphatic rings. The summed E-state index contributed by atoms with van der Waals surface area (Å²) in [6, 6.07) is 11.9. The van der Waals surface area contributed by atoms with E-state index in [4.69, 9.17) is 9.47 Å². The molecule has 3 heteroatoms. The molecule has 80 valence electrons. The summed E-state index contributed by atoms with van der Waals surface area (Å²) < 4.78 is 10.7. The van der Waals surface area contributed by atoms with Gasteiger partial charge in [0, 0.05) is 0 Å². The summed E-state index contributed by atoms with van der Waals surface area (Å²) in [5.74, 6) is 3.54. The second kappa shape index (κ2) is 4.84. The summed E-state index contributed by atoms with van der Waals surface area (Å²) in [5, 5.41) is 0. The van der Waals surface area contributed by atoms with Crippen molar-refractivity contribution in [3.05, 3.63) is 42.4 Å². The summed E-state index contributed by atoms with van der Waals surface area (Å²) in [4.78, 5) is 0. The van der Waals surface area contributed by atoms with Crippen LogP contribution in [0.1, 0.15) is 0 Å². The van der Waals surface area contributed by atoms with E-state index in [0.717, 1.165) is 22.5 Å². The maximum atomic E-state index is 5.40. The molecule has 0 aliphatic heterocycles. The summed E-state index contributed by atoms with van der Waals surface area (Å²) in [6.45, 7) is 2.05. The Labute approximate surface area is 96.0 Å². The summed E-state index contributed by atoms with van der Waals surface area (Å²) >= 11 is 0. The average molecular weight is 212 g/mol. The first-order valence-electron chi connectivity index (χ1n) is 5.13. The molecule has 0 fully saturated rings. The van der Waals surface area contributed by atoms with Crippen molar-refractivity contribution in [3.63, 3.8) is 0 Å². The van der Waals surface area contributed by atoms with E-state index in [1.54, 1.807) is 14.2 Å². The number of ether oxygens (including phenoxy) is 2. The predicted molar refractivity (Wildman–Crippen MR) is 66.3 cm³/mol. The van der Waals surface area contributed by atoms with E-state index < -0.39 is 0 Å². The zero-order valence-corrected chi connectivity index (χ0v) is 9.44. The Morgan fingerprint density at radius 2 is 1.81 bits per heavy atom. The number of para-hydroxylation sites is 1. The second-order valence-corrected chi connectivity index (χ2v) is 3.41. The molecule has 0 radical (unpaired) electrons. The Hall–Kier alpha value is -1.77. The fourth-order valence-corrected chi connectivity index (χ4v) is 1.73. The Bertz CT molecular complexity index is 469. The molecule has 16 heavy (non-hydrogen) atoms. The third-order valence-corrected chi connectivity index (χ3v) is 2.49. The summed E-state index contributed by atoms with van der Waals surface area (Å²) in [6.07, 6.45) is 0. The van der Waals surface area contributed by atoms with Gasteiger partial charge in [-0.25, -0.2) is 0 Å². The quantitative estimate of drug-likeness (QED) is 0.778. The zero-order chi connectivity index (χ0) is 11.4. The molecular weight excluding hydrogens is 199 g/mol. The monoisotopic (exact) mass is 212 g/mol. The van der Waals surface area contributed by atoms with Crippen molar-refractivity contribution in [1.82, 2.24) is 0 Å². The predicted octanol–water partition coefficient (Wildman–Crippen LogP) is 2.71. The van der Waals surface area contributed by atoms with Gasteiger partial charge in [0.05, 0.1) is 0 Å². The van der Waals surface area contributed by atoms with Crippen molar-refractivity contribution in [2.75, 3.05) is 14.2 Å². The maximum absolute atomic E-state index is 5.40. The molecule has 1 heterocycles. The molecule has 0 atom stereocenters. The van der Waals surface area contributed by atoms with Crippen LogP contribution in [0.4, 0.5) is 0 Å². The van der Waals surface area contributed by atoms with E-state index in [0.29, 0.717) is 0 Å². The fourth-order valence-electron chi connectivity index (χ4n) is 1.73. The van der Waals surface area contributed by atoms with Gasteiger partial charge in [-0.1, -0.05) is 0 Å². The minimum atomic E-state index is 0.754. The van der Waals surface area contributed by atoms with Gasteiger partial charge in [-0.2, -0.15) is 0 Å². The molecule has 2 aromatic rings. The Morgan fingerprint density at radius 1 is 0.938 bits per heavy atom. The van der Waals surface area contributed by atoms with Gasteiger partial charge in [-0.3, -0.25) is 0 Å². The number of rotatable bonds is 3. The summed E-state index contributed by atoms with van der Waals surface area (Å²) in [5.41, 5.74) is 2.17. The van der Waals surface area contributed by atoms with Gasteiger partial charge in [-0.15, -0.1) is 0 Å².